The third kappa shape index (κ3) is 4.92. The van der Waals surface area contributed by atoms with Gasteiger partial charge in [-0.2, -0.15) is 0 Å². The van der Waals surface area contributed by atoms with Gasteiger partial charge in [-0.05, 0) is 18.9 Å². The molecule has 4 N–H and O–H groups in total. The molecule has 1 rings (SSSR count). The van der Waals surface area contributed by atoms with Gasteiger partial charge in [0, 0.05) is 12.1 Å². The molecule has 0 aromatic heterocycles. The van der Waals surface area contributed by atoms with Gasteiger partial charge in [0.2, 0.25) is 0 Å². The van der Waals surface area contributed by atoms with Crippen molar-refractivity contribution >= 4 is 5.97 Å². The van der Waals surface area contributed by atoms with Gasteiger partial charge in [-0.1, -0.05) is 36.8 Å². The number of hydrogen-bond acceptors (Lipinski definition) is 4. The number of nitrogens with one attached hydrogen (secondary N) is 1. The predicted octanol–water partition coefficient (Wildman–Crippen LogP) is 1.23. The fourth-order valence-electron chi connectivity index (χ4n) is 2.05. The summed E-state index contributed by atoms with van der Waals surface area (Å²) in [6.45, 7) is 3.75. The molecule has 5 nitrogen and oxygen atoms in total. The molecular weight excluding hydrogens is 258 g/mol. The van der Waals surface area contributed by atoms with Crippen LogP contribution in [0, 0.1) is 6.92 Å². The van der Waals surface area contributed by atoms with Crippen LogP contribution in [-0.2, 0) is 4.79 Å². The summed E-state index contributed by atoms with van der Waals surface area (Å²) in [7, 11) is 0. The Morgan fingerprint density at radius 1 is 1.30 bits per heavy atom. The van der Waals surface area contributed by atoms with E-state index in [2.05, 4.69) is 5.32 Å². The quantitative estimate of drug-likeness (QED) is 0.575. The lowest BCUT2D eigenvalue weighted by Gasteiger charge is -2.27. The van der Waals surface area contributed by atoms with Crippen molar-refractivity contribution < 1.29 is 20.1 Å². The molecular formula is C15H23NO4. The Morgan fingerprint density at radius 3 is 2.35 bits per heavy atom. The number of carboxylic acid groups (broad SMARTS) is 1. The zero-order valence-electron chi connectivity index (χ0n) is 11.9. The third-order valence-electron chi connectivity index (χ3n) is 3.36. The Bertz CT molecular complexity index is 414. The maximum absolute atomic E-state index is 10.9. The average Bonchev–Trinajstić information content (AvgIpc) is 2.43. The Morgan fingerprint density at radius 2 is 1.90 bits per heavy atom. The van der Waals surface area contributed by atoms with Crippen molar-refractivity contribution in [3.05, 3.63) is 35.4 Å². The SMILES string of the molecule is CCC(CO)NC(CC(=O)O)C(O)c1ccc(C)cc1. The van der Waals surface area contributed by atoms with Crippen LogP contribution in [0.3, 0.4) is 0 Å². The van der Waals surface area contributed by atoms with Crippen LogP contribution in [0.25, 0.3) is 0 Å². The molecule has 0 aliphatic heterocycles. The number of aliphatic hydroxyl groups is 2. The largest absolute Gasteiger partial charge is 0.481 e. The predicted molar refractivity (Wildman–Crippen MR) is 76.5 cm³/mol. The molecule has 0 fully saturated rings. The van der Waals surface area contributed by atoms with Crippen LogP contribution in [0.15, 0.2) is 24.3 Å². The number of aryl methyl sites for hydroxylation is 1. The van der Waals surface area contributed by atoms with Gasteiger partial charge >= 0.3 is 5.97 Å². The number of carboxylic acids is 1. The van der Waals surface area contributed by atoms with Crippen molar-refractivity contribution in [2.45, 2.75) is 44.9 Å². The highest BCUT2D eigenvalue weighted by atomic mass is 16.4. The van der Waals surface area contributed by atoms with Crippen LogP contribution in [0.5, 0.6) is 0 Å². The number of rotatable bonds is 8. The topological polar surface area (TPSA) is 89.8 Å². The second-order valence-electron chi connectivity index (χ2n) is 5.01. The fourth-order valence-corrected chi connectivity index (χ4v) is 2.05. The number of carbonyl (C=O) groups is 1. The molecule has 5 heteroatoms. The number of hydrogen-bond donors (Lipinski definition) is 4. The molecule has 0 aliphatic carbocycles. The van der Waals surface area contributed by atoms with E-state index in [0.29, 0.717) is 12.0 Å². The van der Waals surface area contributed by atoms with E-state index in [1.165, 1.54) is 0 Å². The average molecular weight is 281 g/mol. The summed E-state index contributed by atoms with van der Waals surface area (Å²) < 4.78 is 0. The minimum Gasteiger partial charge on any atom is -0.481 e. The Hall–Kier alpha value is -1.43. The number of aliphatic carboxylic acids is 1. The van der Waals surface area contributed by atoms with E-state index in [0.717, 1.165) is 5.56 Å². The summed E-state index contributed by atoms with van der Waals surface area (Å²) in [6, 6.07) is 6.47. The molecule has 0 saturated carbocycles. The van der Waals surface area contributed by atoms with Gasteiger partial charge in [0.25, 0.3) is 0 Å². The van der Waals surface area contributed by atoms with E-state index in [4.69, 9.17) is 5.11 Å². The molecule has 0 radical (unpaired) electrons. The lowest BCUT2D eigenvalue weighted by Crippen LogP contribution is -2.44. The molecule has 1 aromatic rings. The highest BCUT2D eigenvalue weighted by Crippen LogP contribution is 2.20. The Balaban J connectivity index is 2.85. The van der Waals surface area contributed by atoms with Crippen LogP contribution < -0.4 is 5.32 Å². The zero-order valence-corrected chi connectivity index (χ0v) is 11.9. The monoisotopic (exact) mass is 281 g/mol. The van der Waals surface area contributed by atoms with Crippen molar-refractivity contribution in [1.82, 2.24) is 5.32 Å². The van der Waals surface area contributed by atoms with Gasteiger partial charge in [-0.15, -0.1) is 0 Å². The van der Waals surface area contributed by atoms with E-state index in [9.17, 15) is 15.0 Å². The van der Waals surface area contributed by atoms with Crippen LogP contribution in [0.1, 0.15) is 37.0 Å². The number of benzene rings is 1. The molecule has 1 aromatic carbocycles. The maximum atomic E-state index is 10.9. The minimum atomic E-state index is -0.985. The molecule has 0 heterocycles. The summed E-state index contributed by atoms with van der Waals surface area (Å²) in [5.41, 5.74) is 1.74. The van der Waals surface area contributed by atoms with E-state index in [1.54, 1.807) is 12.1 Å². The Labute approximate surface area is 119 Å². The van der Waals surface area contributed by atoms with E-state index in [1.807, 2.05) is 26.0 Å². The van der Waals surface area contributed by atoms with Gasteiger partial charge < -0.3 is 20.6 Å². The standard InChI is InChI=1S/C15H23NO4/c1-3-12(9-17)16-13(8-14(18)19)15(20)11-6-4-10(2)5-7-11/h4-7,12-13,15-17,20H,3,8-9H2,1-2H3,(H,18,19). The summed E-state index contributed by atoms with van der Waals surface area (Å²) in [6.07, 6.45) is -0.467. The minimum absolute atomic E-state index is 0.0900. The molecule has 3 atom stereocenters. The smallest absolute Gasteiger partial charge is 0.305 e. The maximum Gasteiger partial charge on any atom is 0.305 e. The first-order valence-corrected chi connectivity index (χ1v) is 6.81. The first-order chi connectivity index (χ1) is 9.47. The van der Waals surface area contributed by atoms with Gasteiger partial charge in [-0.3, -0.25) is 4.79 Å². The first kappa shape index (κ1) is 16.6. The molecule has 0 aliphatic rings. The van der Waals surface area contributed by atoms with Crippen LogP contribution in [-0.4, -0.2) is 40.0 Å². The summed E-state index contributed by atoms with van der Waals surface area (Å²) >= 11 is 0. The van der Waals surface area contributed by atoms with Gasteiger partial charge in [0.15, 0.2) is 0 Å². The second kappa shape index (κ2) is 7.99. The lowest BCUT2D eigenvalue weighted by atomic mass is 9.97. The summed E-state index contributed by atoms with van der Waals surface area (Å²) in [4.78, 5) is 10.9. The second-order valence-corrected chi connectivity index (χ2v) is 5.01. The third-order valence-corrected chi connectivity index (χ3v) is 3.36. The van der Waals surface area contributed by atoms with Crippen LogP contribution in [0.2, 0.25) is 0 Å². The van der Waals surface area contributed by atoms with Gasteiger partial charge in [0.05, 0.1) is 19.1 Å². The van der Waals surface area contributed by atoms with E-state index >= 15 is 0 Å². The highest BCUT2D eigenvalue weighted by molar-refractivity contribution is 5.67. The summed E-state index contributed by atoms with van der Waals surface area (Å²) in [5, 5.41) is 31.5. The molecule has 0 spiro atoms. The van der Waals surface area contributed by atoms with Crippen molar-refractivity contribution in [2.24, 2.45) is 0 Å². The fraction of sp³-hybridized carbons (Fsp3) is 0.533. The molecule has 0 bridgehead atoms. The molecule has 3 unspecified atom stereocenters. The van der Waals surface area contributed by atoms with Gasteiger partial charge in [0.1, 0.15) is 0 Å². The van der Waals surface area contributed by atoms with Crippen molar-refractivity contribution in [3.63, 3.8) is 0 Å². The molecule has 0 saturated heterocycles. The van der Waals surface area contributed by atoms with E-state index < -0.39 is 18.1 Å². The molecule has 112 valence electrons. The van der Waals surface area contributed by atoms with Gasteiger partial charge in [-0.25, -0.2) is 0 Å². The number of aliphatic hydroxyl groups excluding tert-OH is 2. The van der Waals surface area contributed by atoms with E-state index in [-0.39, 0.29) is 19.1 Å². The Kier molecular flexibility index (Phi) is 6.64. The first-order valence-electron chi connectivity index (χ1n) is 6.81. The molecule has 20 heavy (non-hydrogen) atoms. The normalized spacial score (nSPS) is 15.6. The summed E-state index contributed by atoms with van der Waals surface area (Å²) in [5.74, 6) is -0.985. The molecule has 0 amide bonds. The van der Waals surface area contributed by atoms with Crippen LogP contribution in [0.4, 0.5) is 0 Å². The van der Waals surface area contributed by atoms with Crippen molar-refractivity contribution in [2.75, 3.05) is 6.61 Å². The lowest BCUT2D eigenvalue weighted by molar-refractivity contribution is -0.138. The van der Waals surface area contributed by atoms with Crippen molar-refractivity contribution in [3.8, 4) is 0 Å². The highest BCUT2D eigenvalue weighted by Gasteiger charge is 2.25. The van der Waals surface area contributed by atoms with Crippen LogP contribution >= 0.6 is 0 Å². The zero-order chi connectivity index (χ0) is 15.1. The van der Waals surface area contributed by atoms with Crippen molar-refractivity contribution in [1.29, 1.82) is 0 Å².